The smallest absolute Gasteiger partial charge is 0.0533 e. The Labute approximate surface area is 89.8 Å². The molecule has 14 heavy (non-hydrogen) atoms. The van der Waals surface area contributed by atoms with Crippen LogP contribution in [0.25, 0.3) is 0 Å². The zero-order valence-corrected chi connectivity index (χ0v) is 9.50. The Hall–Kier alpha value is -0.540. The summed E-state index contributed by atoms with van der Waals surface area (Å²) in [5, 5.41) is 9.62. The molecule has 2 nitrogen and oxygen atoms in total. The van der Waals surface area contributed by atoms with E-state index < -0.39 is 0 Å². The minimum absolute atomic E-state index is 0.214. The summed E-state index contributed by atoms with van der Waals surface area (Å²) < 4.78 is 0. The number of rotatable bonds is 5. The Bertz CT molecular complexity index is 251. The Morgan fingerprint density at radius 1 is 1.43 bits per heavy atom. The van der Waals surface area contributed by atoms with E-state index in [2.05, 4.69) is 11.2 Å². The van der Waals surface area contributed by atoms with Crippen LogP contribution >= 0.6 is 11.8 Å². The largest absolute Gasteiger partial charge is 0.393 e. The molecule has 0 radical (unpaired) electrons. The first-order valence-corrected chi connectivity index (χ1v) is 6.14. The van der Waals surface area contributed by atoms with Crippen LogP contribution in [0.15, 0.2) is 24.4 Å². The van der Waals surface area contributed by atoms with Crippen molar-refractivity contribution in [2.45, 2.75) is 31.1 Å². The molecule has 0 aliphatic heterocycles. The van der Waals surface area contributed by atoms with Gasteiger partial charge in [-0.25, -0.2) is 0 Å². The standard InChI is InChI=1S/C11H17NOS/c1-9(13)6-7-11(14-2)10-5-3-4-8-12-10/h3-5,8-9,11,13H,6-7H2,1-2H3. The summed E-state index contributed by atoms with van der Waals surface area (Å²) in [6.07, 6.45) is 5.51. The number of aliphatic hydroxyl groups is 1. The van der Waals surface area contributed by atoms with Crippen molar-refractivity contribution in [1.29, 1.82) is 0 Å². The summed E-state index contributed by atoms with van der Waals surface area (Å²) in [6.45, 7) is 1.83. The van der Waals surface area contributed by atoms with E-state index in [9.17, 15) is 5.11 Å². The second kappa shape index (κ2) is 6.04. The van der Waals surface area contributed by atoms with Gasteiger partial charge in [-0.05, 0) is 38.2 Å². The average molecular weight is 211 g/mol. The molecule has 1 rings (SSSR count). The first-order chi connectivity index (χ1) is 6.74. The predicted octanol–water partition coefficient (Wildman–Crippen LogP) is 2.65. The summed E-state index contributed by atoms with van der Waals surface area (Å²) in [5.41, 5.74) is 1.11. The van der Waals surface area contributed by atoms with Crippen molar-refractivity contribution >= 4 is 11.8 Å². The lowest BCUT2D eigenvalue weighted by Crippen LogP contribution is -2.03. The monoisotopic (exact) mass is 211 g/mol. The summed E-state index contributed by atoms with van der Waals surface area (Å²) in [6, 6.07) is 5.98. The number of hydrogen-bond acceptors (Lipinski definition) is 3. The molecule has 3 heteroatoms. The second-order valence-corrected chi connectivity index (χ2v) is 4.45. The Morgan fingerprint density at radius 3 is 2.71 bits per heavy atom. The van der Waals surface area contributed by atoms with Gasteiger partial charge in [0.15, 0.2) is 0 Å². The summed E-state index contributed by atoms with van der Waals surface area (Å²) in [7, 11) is 0. The molecule has 0 aliphatic carbocycles. The van der Waals surface area contributed by atoms with Gasteiger partial charge in [0.2, 0.25) is 0 Å². The van der Waals surface area contributed by atoms with Crippen LogP contribution in [-0.2, 0) is 0 Å². The quantitative estimate of drug-likeness (QED) is 0.812. The van der Waals surface area contributed by atoms with Crippen molar-refractivity contribution in [2.24, 2.45) is 0 Å². The third kappa shape index (κ3) is 3.68. The predicted molar refractivity (Wildman–Crippen MR) is 61.4 cm³/mol. The maximum Gasteiger partial charge on any atom is 0.0533 e. The van der Waals surface area contributed by atoms with Crippen molar-refractivity contribution in [3.63, 3.8) is 0 Å². The molecular formula is C11H17NOS. The average Bonchev–Trinajstić information content (AvgIpc) is 2.20. The lowest BCUT2D eigenvalue weighted by atomic mass is 10.1. The lowest BCUT2D eigenvalue weighted by molar-refractivity contribution is 0.181. The molecule has 0 spiro atoms. The molecule has 0 aromatic carbocycles. The Balaban J connectivity index is 2.54. The van der Waals surface area contributed by atoms with Crippen LogP contribution in [0.1, 0.15) is 30.7 Å². The lowest BCUT2D eigenvalue weighted by Gasteiger charge is -2.14. The van der Waals surface area contributed by atoms with Gasteiger partial charge in [-0.3, -0.25) is 4.98 Å². The van der Waals surface area contributed by atoms with E-state index in [1.54, 1.807) is 11.8 Å². The van der Waals surface area contributed by atoms with Gasteiger partial charge in [-0.15, -0.1) is 0 Å². The van der Waals surface area contributed by atoms with Crippen molar-refractivity contribution < 1.29 is 5.11 Å². The van der Waals surface area contributed by atoms with Gasteiger partial charge in [0.1, 0.15) is 0 Å². The van der Waals surface area contributed by atoms with Gasteiger partial charge in [0.25, 0.3) is 0 Å². The van der Waals surface area contributed by atoms with Gasteiger partial charge < -0.3 is 5.11 Å². The number of aliphatic hydroxyl groups excluding tert-OH is 1. The molecule has 0 saturated carbocycles. The van der Waals surface area contributed by atoms with Crippen LogP contribution in [0, 0.1) is 0 Å². The third-order valence-corrected chi connectivity index (χ3v) is 3.20. The molecule has 0 saturated heterocycles. The van der Waals surface area contributed by atoms with E-state index in [1.165, 1.54) is 0 Å². The SMILES string of the molecule is CSC(CCC(C)O)c1ccccn1. The summed E-state index contributed by atoms with van der Waals surface area (Å²) in [5.74, 6) is 0. The Morgan fingerprint density at radius 2 is 2.21 bits per heavy atom. The number of thioether (sulfide) groups is 1. The minimum Gasteiger partial charge on any atom is -0.393 e. The van der Waals surface area contributed by atoms with Gasteiger partial charge in [0.05, 0.1) is 11.8 Å². The normalized spacial score (nSPS) is 15.1. The fourth-order valence-electron chi connectivity index (χ4n) is 1.35. The molecule has 2 unspecified atom stereocenters. The van der Waals surface area contributed by atoms with Crippen LogP contribution in [0.2, 0.25) is 0 Å². The molecule has 1 aromatic rings. The highest BCUT2D eigenvalue weighted by Gasteiger charge is 2.11. The maximum absolute atomic E-state index is 9.21. The molecule has 0 fully saturated rings. The van der Waals surface area contributed by atoms with Crippen molar-refractivity contribution in [1.82, 2.24) is 4.98 Å². The highest BCUT2D eigenvalue weighted by molar-refractivity contribution is 7.98. The third-order valence-electron chi connectivity index (χ3n) is 2.15. The highest BCUT2D eigenvalue weighted by atomic mass is 32.2. The van der Waals surface area contributed by atoms with E-state index in [-0.39, 0.29) is 6.10 Å². The number of hydrogen-bond donors (Lipinski definition) is 1. The Kier molecular flexibility index (Phi) is 4.98. The van der Waals surface area contributed by atoms with Gasteiger partial charge in [-0.1, -0.05) is 6.07 Å². The zero-order valence-electron chi connectivity index (χ0n) is 8.68. The van der Waals surface area contributed by atoms with Crippen molar-refractivity contribution in [2.75, 3.05) is 6.26 Å². The van der Waals surface area contributed by atoms with Crippen molar-refractivity contribution in [3.05, 3.63) is 30.1 Å². The summed E-state index contributed by atoms with van der Waals surface area (Å²) in [4.78, 5) is 4.33. The molecule has 78 valence electrons. The molecule has 0 amide bonds. The first-order valence-electron chi connectivity index (χ1n) is 4.86. The van der Waals surface area contributed by atoms with Crippen LogP contribution in [0.4, 0.5) is 0 Å². The topological polar surface area (TPSA) is 33.1 Å². The minimum atomic E-state index is -0.214. The van der Waals surface area contributed by atoms with Crippen LogP contribution < -0.4 is 0 Å². The highest BCUT2D eigenvalue weighted by Crippen LogP contribution is 2.29. The van der Waals surface area contributed by atoms with Crippen LogP contribution in [0.5, 0.6) is 0 Å². The molecule has 0 aliphatic rings. The van der Waals surface area contributed by atoms with E-state index >= 15 is 0 Å². The molecule has 1 heterocycles. The van der Waals surface area contributed by atoms with Gasteiger partial charge in [0, 0.05) is 11.4 Å². The second-order valence-electron chi connectivity index (χ2n) is 3.41. The fraction of sp³-hybridized carbons (Fsp3) is 0.545. The van der Waals surface area contributed by atoms with Crippen molar-refractivity contribution in [3.8, 4) is 0 Å². The van der Waals surface area contributed by atoms with E-state index in [0.29, 0.717) is 5.25 Å². The van der Waals surface area contributed by atoms with Gasteiger partial charge >= 0.3 is 0 Å². The number of aromatic nitrogens is 1. The van der Waals surface area contributed by atoms with E-state index in [1.807, 2.05) is 31.3 Å². The van der Waals surface area contributed by atoms with E-state index in [4.69, 9.17) is 0 Å². The molecule has 2 atom stereocenters. The van der Waals surface area contributed by atoms with Crippen LogP contribution in [-0.4, -0.2) is 22.5 Å². The first kappa shape index (κ1) is 11.5. The molecule has 1 aromatic heterocycles. The van der Waals surface area contributed by atoms with E-state index in [0.717, 1.165) is 18.5 Å². The fourth-order valence-corrected chi connectivity index (χ4v) is 2.10. The molecule has 1 N–H and O–H groups in total. The molecular weight excluding hydrogens is 194 g/mol. The molecule has 0 bridgehead atoms. The maximum atomic E-state index is 9.21. The van der Waals surface area contributed by atoms with Crippen LogP contribution in [0.3, 0.4) is 0 Å². The number of pyridine rings is 1. The summed E-state index contributed by atoms with van der Waals surface area (Å²) >= 11 is 1.79. The van der Waals surface area contributed by atoms with Gasteiger partial charge in [-0.2, -0.15) is 11.8 Å². The number of nitrogens with zero attached hydrogens (tertiary/aromatic N) is 1. The zero-order chi connectivity index (χ0) is 10.4.